The van der Waals surface area contributed by atoms with E-state index in [0.717, 1.165) is 6.08 Å². The molecule has 6 heteroatoms. The van der Waals surface area contributed by atoms with Gasteiger partial charge in [-0.05, 0) is 34.3 Å². The summed E-state index contributed by atoms with van der Waals surface area (Å²) in [6, 6.07) is 0. The molecule has 0 N–H and O–H groups in total. The first-order chi connectivity index (χ1) is 8.74. The third kappa shape index (κ3) is 14.3. The number of rotatable bonds is 6. The number of hydrogen-bond acceptors (Lipinski definition) is 5. The molecule has 0 fully saturated rings. The molecule has 6 nitrogen and oxygen atoms in total. The lowest BCUT2D eigenvalue weighted by Crippen LogP contribution is -2.33. The normalized spacial score (nSPS) is 9.42. The molecule has 0 rings (SSSR count). The minimum atomic E-state index is -0.385. The minimum absolute atomic E-state index is 0.0475. The molecule has 0 aliphatic carbocycles. The summed E-state index contributed by atoms with van der Waals surface area (Å²) in [6.07, 6.45) is 2.45. The third-order valence-corrected chi connectivity index (χ3v) is 1.68. The minimum Gasteiger partial charge on any atom is -0.446 e. The Labute approximate surface area is 115 Å². The predicted octanol–water partition coefficient (Wildman–Crippen LogP) is 0.385. The van der Waals surface area contributed by atoms with E-state index in [1.165, 1.54) is 6.08 Å². The third-order valence-electron chi connectivity index (χ3n) is 1.68. The summed E-state index contributed by atoms with van der Waals surface area (Å²) >= 11 is 0. The van der Waals surface area contributed by atoms with Crippen molar-refractivity contribution in [3.05, 3.63) is 25.3 Å². The highest BCUT2D eigenvalue weighted by molar-refractivity contribution is 5.86. The molecule has 0 aliphatic heterocycles. The van der Waals surface area contributed by atoms with Crippen LogP contribution in [0.2, 0.25) is 0 Å². The van der Waals surface area contributed by atoms with Gasteiger partial charge in [-0.3, -0.25) is 14.6 Å². The second-order valence-corrected chi connectivity index (χ2v) is 4.34. The van der Waals surface area contributed by atoms with E-state index in [1.807, 2.05) is 33.1 Å². The molecule has 0 aromatic carbocycles. The summed E-state index contributed by atoms with van der Waals surface area (Å²) in [5.41, 5.74) is 0. The van der Waals surface area contributed by atoms with E-state index in [4.69, 9.17) is 0 Å². The van der Waals surface area contributed by atoms with Gasteiger partial charge >= 0.3 is 5.97 Å². The fourth-order valence-corrected chi connectivity index (χ4v) is 0.901. The van der Waals surface area contributed by atoms with Gasteiger partial charge in [0.25, 0.3) is 0 Å². The predicted molar refractivity (Wildman–Crippen MR) is 76.4 cm³/mol. The molecular formula is C13H25N3O3. The van der Waals surface area contributed by atoms with Gasteiger partial charge in [-0.1, -0.05) is 13.2 Å². The van der Waals surface area contributed by atoms with Crippen LogP contribution in [0.25, 0.3) is 0 Å². The topological polar surface area (TPSA) is 53.1 Å². The first kappa shape index (κ1) is 19.7. The van der Waals surface area contributed by atoms with E-state index in [2.05, 4.69) is 17.9 Å². The maximum atomic E-state index is 10.8. The number of esters is 1. The van der Waals surface area contributed by atoms with Gasteiger partial charge < -0.3 is 9.64 Å². The van der Waals surface area contributed by atoms with Crippen LogP contribution in [0.3, 0.4) is 0 Å². The second-order valence-electron chi connectivity index (χ2n) is 4.34. The van der Waals surface area contributed by atoms with Crippen LogP contribution in [-0.2, 0) is 14.3 Å². The average molecular weight is 271 g/mol. The Morgan fingerprint density at radius 1 is 1.00 bits per heavy atom. The zero-order valence-electron chi connectivity index (χ0n) is 12.5. The molecule has 1 amide bonds. The molecular weight excluding hydrogens is 246 g/mol. The highest BCUT2D eigenvalue weighted by Gasteiger charge is 2.02. The first-order valence-corrected chi connectivity index (χ1v) is 5.70. The zero-order chi connectivity index (χ0) is 15.4. The fraction of sp³-hybridized carbons (Fsp3) is 0.538. The van der Waals surface area contributed by atoms with Crippen LogP contribution in [0.5, 0.6) is 0 Å². The maximum Gasteiger partial charge on any atom is 0.331 e. The van der Waals surface area contributed by atoms with Gasteiger partial charge in [0.1, 0.15) is 6.73 Å². The summed E-state index contributed by atoms with van der Waals surface area (Å²) in [7, 11) is 9.19. The van der Waals surface area contributed by atoms with Crippen molar-refractivity contribution < 1.29 is 14.3 Å². The van der Waals surface area contributed by atoms with Crippen LogP contribution in [0.15, 0.2) is 25.3 Å². The lowest BCUT2D eigenvalue weighted by Gasteiger charge is -2.19. The lowest BCUT2D eigenvalue weighted by atomic mass is 10.5. The molecule has 19 heavy (non-hydrogen) atoms. The molecule has 0 aliphatic rings. The van der Waals surface area contributed by atoms with Crippen LogP contribution in [0.4, 0.5) is 0 Å². The Morgan fingerprint density at radius 2 is 1.53 bits per heavy atom. The van der Waals surface area contributed by atoms with Gasteiger partial charge in [-0.15, -0.1) is 0 Å². The highest BCUT2D eigenvalue weighted by Crippen LogP contribution is 1.86. The number of nitrogens with zero attached hydrogens (tertiary/aromatic N) is 3. The molecule has 0 saturated carbocycles. The molecule has 0 heterocycles. The molecule has 0 saturated heterocycles. The summed E-state index contributed by atoms with van der Waals surface area (Å²) in [4.78, 5) is 26.4. The molecule has 110 valence electrons. The van der Waals surface area contributed by atoms with E-state index in [1.54, 1.807) is 16.8 Å². The summed E-state index contributed by atoms with van der Waals surface area (Å²) < 4.78 is 4.62. The van der Waals surface area contributed by atoms with Crippen molar-refractivity contribution in [2.45, 2.75) is 0 Å². The summed E-state index contributed by atoms with van der Waals surface area (Å²) in [5, 5.41) is 0. The van der Waals surface area contributed by atoms with Crippen LogP contribution in [0.1, 0.15) is 0 Å². The van der Waals surface area contributed by atoms with Crippen molar-refractivity contribution in [1.82, 2.24) is 14.7 Å². The van der Waals surface area contributed by atoms with Crippen molar-refractivity contribution >= 4 is 11.9 Å². The van der Waals surface area contributed by atoms with Gasteiger partial charge in [0.05, 0.1) is 6.67 Å². The summed E-state index contributed by atoms with van der Waals surface area (Å²) in [6.45, 7) is 7.56. The number of hydrogen-bond donors (Lipinski definition) is 0. The molecule has 0 atom stereocenters. The number of carbonyl (C=O) groups is 2. The molecule has 0 bridgehead atoms. The van der Waals surface area contributed by atoms with Gasteiger partial charge in [-0.25, -0.2) is 4.79 Å². The first-order valence-electron chi connectivity index (χ1n) is 5.70. The molecule has 0 spiro atoms. The Hall–Kier alpha value is -1.66. The fourth-order valence-electron chi connectivity index (χ4n) is 0.901. The van der Waals surface area contributed by atoms with Crippen molar-refractivity contribution in [3.63, 3.8) is 0 Å². The van der Waals surface area contributed by atoms with Gasteiger partial charge in [-0.2, -0.15) is 0 Å². The Balaban J connectivity index is 0. The van der Waals surface area contributed by atoms with E-state index in [0.29, 0.717) is 13.4 Å². The van der Waals surface area contributed by atoms with Crippen LogP contribution >= 0.6 is 0 Å². The molecule has 0 aromatic rings. The van der Waals surface area contributed by atoms with Crippen molar-refractivity contribution in [3.8, 4) is 0 Å². The Kier molecular flexibility index (Phi) is 11.8. The van der Waals surface area contributed by atoms with Crippen LogP contribution in [-0.4, -0.2) is 75.2 Å². The number of carbonyl (C=O) groups excluding carboxylic acids is 2. The van der Waals surface area contributed by atoms with Crippen LogP contribution in [0, 0.1) is 0 Å². The molecule has 0 unspecified atom stereocenters. The largest absolute Gasteiger partial charge is 0.446 e. The van der Waals surface area contributed by atoms with Gasteiger partial charge in [0.2, 0.25) is 5.91 Å². The Morgan fingerprint density at radius 3 is 1.84 bits per heavy atom. The van der Waals surface area contributed by atoms with Gasteiger partial charge in [0, 0.05) is 13.1 Å². The average Bonchev–Trinajstić information content (AvgIpc) is 2.34. The maximum absolute atomic E-state index is 10.8. The van der Waals surface area contributed by atoms with Crippen molar-refractivity contribution in [2.24, 2.45) is 0 Å². The van der Waals surface area contributed by atoms with E-state index >= 15 is 0 Å². The Bertz CT molecular complexity index is 302. The quantitative estimate of drug-likeness (QED) is 0.397. The molecule has 0 aromatic heterocycles. The highest BCUT2D eigenvalue weighted by atomic mass is 16.5. The van der Waals surface area contributed by atoms with Gasteiger partial charge in [0.15, 0.2) is 0 Å². The van der Waals surface area contributed by atoms with E-state index in [9.17, 15) is 9.59 Å². The number of amides is 1. The monoisotopic (exact) mass is 271 g/mol. The standard InChI is InChI=1S/C7H14N2O.C6H11NO2/c1-5-7(10)9(4)6-8(2)3;1-4-6(8)9-5-7(2)3/h5H,1,6H2,2-4H3;4H,1,5H2,2-3H3. The summed E-state index contributed by atoms with van der Waals surface area (Å²) in [5.74, 6) is -0.433. The van der Waals surface area contributed by atoms with E-state index in [-0.39, 0.29) is 11.9 Å². The smallest absolute Gasteiger partial charge is 0.331 e. The van der Waals surface area contributed by atoms with Crippen LogP contribution < -0.4 is 0 Å². The van der Waals surface area contributed by atoms with Crippen molar-refractivity contribution in [2.75, 3.05) is 48.6 Å². The van der Waals surface area contributed by atoms with Crippen molar-refractivity contribution in [1.29, 1.82) is 0 Å². The number of ether oxygens (including phenoxy) is 1. The zero-order valence-corrected chi connectivity index (χ0v) is 12.5. The van der Waals surface area contributed by atoms with E-state index < -0.39 is 0 Å². The molecule has 0 radical (unpaired) electrons. The lowest BCUT2D eigenvalue weighted by molar-refractivity contribution is -0.141. The second kappa shape index (κ2) is 11.4. The SMILES string of the molecule is C=CC(=O)N(C)CN(C)C.C=CC(=O)OCN(C)C. The number of likely N-dealkylation sites (N-methyl/N-ethyl adjacent to an activating group) is 1.